The summed E-state index contributed by atoms with van der Waals surface area (Å²) in [5.74, 6) is -1.39. The maximum Gasteiger partial charge on any atom is 0.317 e. The van der Waals surface area contributed by atoms with Gasteiger partial charge in [-0.1, -0.05) is 6.92 Å². The largest absolute Gasteiger partial charge is 0.480 e. The Kier molecular flexibility index (Phi) is 5.06. The second kappa shape index (κ2) is 5.94. The third-order valence-electron chi connectivity index (χ3n) is 3.58. The average molecular weight is 263 g/mol. The van der Waals surface area contributed by atoms with E-state index in [0.29, 0.717) is 0 Å². The van der Waals surface area contributed by atoms with E-state index in [1.807, 2.05) is 0 Å². The Labute approximate surface area is 106 Å². The van der Waals surface area contributed by atoms with Crippen LogP contribution in [-0.2, 0) is 14.3 Å². The fraction of sp³-hybridized carbons (Fsp3) is 0.909. The van der Waals surface area contributed by atoms with E-state index in [9.17, 15) is 15.0 Å². The number of carboxylic acids is 1. The van der Waals surface area contributed by atoms with Gasteiger partial charge < -0.3 is 24.8 Å². The molecule has 4 N–H and O–H groups in total. The van der Waals surface area contributed by atoms with E-state index in [-0.39, 0.29) is 19.1 Å². The van der Waals surface area contributed by atoms with Crippen LogP contribution in [0.1, 0.15) is 13.8 Å². The Morgan fingerprint density at radius 2 is 2.17 bits per heavy atom. The maximum absolute atomic E-state index is 10.6. The van der Waals surface area contributed by atoms with Crippen LogP contribution in [0.25, 0.3) is 0 Å². The van der Waals surface area contributed by atoms with Crippen LogP contribution in [0.15, 0.2) is 0 Å². The number of carboxylic acid groups (broad SMARTS) is 1. The molecule has 0 bridgehead atoms. The van der Waals surface area contributed by atoms with Gasteiger partial charge in [-0.05, 0) is 6.92 Å². The van der Waals surface area contributed by atoms with Crippen molar-refractivity contribution >= 4 is 5.97 Å². The predicted octanol–water partition coefficient (Wildman–Crippen LogP) is -1.22. The number of carbonyl (C=O) groups is 1. The predicted molar refractivity (Wildman–Crippen MR) is 62.0 cm³/mol. The van der Waals surface area contributed by atoms with Crippen LogP contribution in [-0.4, -0.2) is 65.6 Å². The highest BCUT2D eigenvalue weighted by molar-refractivity contribution is 5.69. The molecular formula is C11H21NO6. The molecule has 0 saturated carbocycles. The minimum absolute atomic E-state index is 0.233. The summed E-state index contributed by atoms with van der Waals surface area (Å²) < 4.78 is 10.6. The molecule has 0 aromatic heterocycles. The van der Waals surface area contributed by atoms with Crippen molar-refractivity contribution in [1.82, 2.24) is 5.32 Å². The van der Waals surface area contributed by atoms with Crippen molar-refractivity contribution in [2.75, 3.05) is 20.3 Å². The van der Waals surface area contributed by atoms with E-state index >= 15 is 0 Å². The number of hydrogen-bond acceptors (Lipinski definition) is 6. The number of aliphatic carboxylic acids is 1. The van der Waals surface area contributed by atoms with Gasteiger partial charge in [0.15, 0.2) is 6.29 Å². The zero-order valence-electron chi connectivity index (χ0n) is 10.8. The Morgan fingerprint density at radius 3 is 2.61 bits per heavy atom. The molecule has 1 heterocycles. The van der Waals surface area contributed by atoms with Gasteiger partial charge in [0.2, 0.25) is 0 Å². The lowest BCUT2D eigenvalue weighted by Gasteiger charge is -2.49. The molecule has 0 aromatic rings. The monoisotopic (exact) mass is 263 g/mol. The zero-order chi connectivity index (χ0) is 13.9. The summed E-state index contributed by atoms with van der Waals surface area (Å²) in [5, 5.41) is 31.1. The Hall–Kier alpha value is -0.730. The highest BCUT2D eigenvalue weighted by Gasteiger charge is 2.50. The highest BCUT2D eigenvalue weighted by atomic mass is 16.7. The Bertz CT molecular complexity index is 295. The topological polar surface area (TPSA) is 108 Å². The SMILES string of the molecule is CO[C@@H]1OC(CO)[C@@H](C)C(C)(O)C1NCC(=O)O. The zero-order valence-corrected chi connectivity index (χ0v) is 10.8. The van der Waals surface area contributed by atoms with Crippen molar-refractivity contribution in [2.45, 2.75) is 37.9 Å². The molecule has 0 amide bonds. The summed E-state index contributed by atoms with van der Waals surface area (Å²) in [4.78, 5) is 10.6. The molecule has 1 aliphatic heterocycles. The van der Waals surface area contributed by atoms with Crippen molar-refractivity contribution in [3.05, 3.63) is 0 Å². The first-order chi connectivity index (χ1) is 8.34. The smallest absolute Gasteiger partial charge is 0.317 e. The highest BCUT2D eigenvalue weighted by Crippen LogP contribution is 2.34. The number of nitrogens with one attached hydrogen (secondary N) is 1. The molecule has 1 rings (SSSR count). The molecule has 5 atom stereocenters. The second-order valence-electron chi connectivity index (χ2n) is 4.73. The van der Waals surface area contributed by atoms with Gasteiger partial charge in [-0.25, -0.2) is 0 Å². The quantitative estimate of drug-likeness (QED) is 0.492. The molecule has 7 nitrogen and oxygen atoms in total. The van der Waals surface area contributed by atoms with E-state index in [2.05, 4.69) is 5.32 Å². The van der Waals surface area contributed by atoms with E-state index in [1.54, 1.807) is 13.8 Å². The van der Waals surface area contributed by atoms with Gasteiger partial charge >= 0.3 is 5.97 Å². The molecule has 1 aliphatic rings. The van der Waals surface area contributed by atoms with Crippen LogP contribution < -0.4 is 5.32 Å². The van der Waals surface area contributed by atoms with E-state index < -0.39 is 30.0 Å². The summed E-state index contributed by atoms with van der Waals surface area (Å²) in [7, 11) is 1.40. The number of ether oxygens (including phenoxy) is 2. The van der Waals surface area contributed by atoms with Gasteiger partial charge in [0.25, 0.3) is 0 Å². The average Bonchev–Trinajstić information content (AvgIpc) is 2.30. The Balaban J connectivity index is 2.86. The molecule has 1 saturated heterocycles. The van der Waals surface area contributed by atoms with Crippen molar-refractivity contribution in [2.24, 2.45) is 5.92 Å². The van der Waals surface area contributed by atoms with E-state index in [0.717, 1.165) is 0 Å². The summed E-state index contributed by atoms with van der Waals surface area (Å²) in [5.41, 5.74) is -1.25. The van der Waals surface area contributed by atoms with Crippen molar-refractivity contribution in [3.63, 3.8) is 0 Å². The van der Waals surface area contributed by atoms with E-state index in [1.165, 1.54) is 7.11 Å². The number of aliphatic hydroxyl groups is 2. The Morgan fingerprint density at radius 1 is 1.56 bits per heavy atom. The van der Waals surface area contributed by atoms with Gasteiger partial charge in [-0.3, -0.25) is 10.1 Å². The second-order valence-corrected chi connectivity index (χ2v) is 4.73. The molecule has 0 radical (unpaired) electrons. The molecule has 0 spiro atoms. The molecule has 18 heavy (non-hydrogen) atoms. The normalized spacial score (nSPS) is 40.7. The van der Waals surface area contributed by atoms with E-state index in [4.69, 9.17) is 14.6 Å². The summed E-state index contributed by atoms with van der Waals surface area (Å²) in [6.45, 7) is 2.78. The lowest BCUT2D eigenvalue weighted by atomic mass is 9.78. The van der Waals surface area contributed by atoms with Gasteiger partial charge in [0, 0.05) is 13.0 Å². The van der Waals surface area contributed by atoms with Crippen LogP contribution >= 0.6 is 0 Å². The first-order valence-corrected chi connectivity index (χ1v) is 5.81. The molecule has 0 aliphatic carbocycles. The summed E-state index contributed by atoms with van der Waals surface area (Å²) in [6, 6.07) is -0.684. The number of methoxy groups -OCH3 is 1. The van der Waals surface area contributed by atoms with Crippen LogP contribution in [0, 0.1) is 5.92 Å². The number of aliphatic hydroxyl groups excluding tert-OH is 1. The molecule has 106 valence electrons. The molecular weight excluding hydrogens is 242 g/mol. The van der Waals surface area contributed by atoms with Crippen LogP contribution in [0.2, 0.25) is 0 Å². The molecule has 3 unspecified atom stereocenters. The maximum atomic E-state index is 10.6. The molecule has 7 heteroatoms. The first-order valence-electron chi connectivity index (χ1n) is 5.81. The molecule has 0 aromatic carbocycles. The third kappa shape index (κ3) is 2.99. The number of rotatable bonds is 5. The van der Waals surface area contributed by atoms with Gasteiger partial charge in [0.05, 0.1) is 30.9 Å². The minimum atomic E-state index is -1.25. The van der Waals surface area contributed by atoms with Crippen LogP contribution in [0.4, 0.5) is 0 Å². The van der Waals surface area contributed by atoms with Gasteiger partial charge in [-0.15, -0.1) is 0 Å². The molecule has 1 fully saturated rings. The fourth-order valence-corrected chi connectivity index (χ4v) is 2.20. The number of hydrogen-bond donors (Lipinski definition) is 4. The van der Waals surface area contributed by atoms with Crippen LogP contribution in [0.5, 0.6) is 0 Å². The lowest BCUT2D eigenvalue weighted by molar-refractivity contribution is -0.272. The van der Waals surface area contributed by atoms with Gasteiger partial charge in [-0.2, -0.15) is 0 Å². The fourth-order valence-electron chi connectivity index (χ4n) is 2.20. The summed E-state index contributed by atoms with van der Waals surface area (Å²) in [6.07, 6.45) is -1.36. The van der Waals surface area contributed by atoms with Crippen LogP contribution in [0.3, 0.4) is 0 Å². The first kappa shape index (κ1) is 15.3. The van der Waals surface area contributed by atoms with Crippen molar-refractivity contribution in [3.8, 4) is 0 Å². The lowest BCUT2D eigenvalue weighted by Crippen LogP contribution is -2.67. The van der Waals surface area contributed by atoms with Crippen molar-refractivity contribution < 1.29 is 29.6 Å². The van der Waals surface area contributed by atoms with Gasteiger partial charge in [0.1, 0.15) is 0 Å². The third-order valence-corrected chi connectivity index (χ3v) is 3.58. The minimum Gasteiger partial charge on any atom is -0.480 e. The van der Waals surface area contributed by atoms with Crippen molar-refractivity contribution in [1.29, 1.82) is 0 Å². The standard InChI is InChI=1S/C11H21NO6/c1-6-7(5-13)18-10(17-3)9(11(6,2)16)12-4-8(14)15/h6-7,9-10,12-13,16H,4-5H2,1-3H3,(H,14,15)/t6-,7?,9?,10-,11?/m1/s1. The summed E-state index contributed by atoms with van der Waals surface area (Å²) >= 11 is 0.